The molecule has 29 heavy (non-hydrogen) atoms. The number of allylic oxidation sites excluding steroid dienone is 2. The number of hydrogen-bond donors (Lipinski definition) is 2. The number of aromatic nitrogens is 3. The monoisotopic (exact) mass is 386 g/mol. The lowest BCUT2D eigenvalue weighted by atomic mass is 9.70. The summed E-state index contributed by atoms with van der Waals surface area (Å²) in [4.78, 5) is 31.1. The molecule has 1 aliphatic heterocycles. The van der Waals surface area contributed by atoms with E-state index in [0.29, 0.717) is 29.1 Å². The van der Waals surface area contributed by atoms with E-state index in [0.717, 1.165) is 17.8 Å². The van der Waals surface area contributed by atoms with Crippen LogP contribution in [0.1, 0.15) is 43.9 Å². The van der Waals surface area contributed by atoms with Gasteiger partial charge in [-0.05, 0) is 36.1 Å². The minimum Gasteiger partial charge on any atom is -0.343 e. The number of para-hydroxylation sites is 1. The van der Waals surface area contributed by atoms with Crippen LogP contribution in [0.5, 0.6) is 0 Å². The molecule has 6 heteroatoms. The minimum atomic E-state index is -0.472. The van der Waals surface area contributed by atoms with E-state index in [1.807, 2.05) is 48.5 Å². The van der Waals surface area contributed by atoms with Crippen molar-refractivity contribution < 1.29 is 4.79 Å². The van der Waals surface area contributed by atoms with Crippen LogP contribution in [0.3, 0.4) is 0 Å². The number of aromatic amines is 1. The van der Waals surface area contributed by atoms with Crippen molar-refractivity contribution in [2.24, 2.45) is 5.41 Å². The Bertz CT molecular complexity index is 1190. The van der Waals surface area contributed by atoms with Crippen LogP contribution in [-0.2, 0) is 4.79 Å². The predicted octanol–water partition coefficient (Wildman–Crippen LogP) is 3.76. The van der Waals surface area contributed by atoms with E-state index < -0.39 is 5.92 Å². The highest BCUT2D eigenvalue weighted by Crippen LogP contribution is 2.47. The van der Waals surface area contributed by atoms with Crippen molar-refractivity contribution >= 4 is 11.6 Å². The van der Waals surface area contributed by atoms with Gasteiger partial charge in [0, 0.05) is 23.9 Å². The molecular formula is C23H22N4O2. The van der Waals surface area contributed by atoms with Gasteiger partial charge in [-0.15, -0.1) is 0 Å². The number of rotatable bonds is 2. The fourth-order valence-corrected chi connectivity index (χ4v) is 4.49. The van der Waals surface area contributed by atoms with E-state index in [1.54, 1.807) is 6.20 Å². The fraction of sp³-hybridized carbons (Fsp3) is 0.261. The summed E-state index contributed by atoms with van der Waals surface area (Å²) in [6.07, 6.45) is 2.91. The molecule has 2 aromatic heterocycles. The summed E-state index contributed by atoms with van der Waals surface area (Å²) in [6, 6.07) is 15.1. The summed E-state index contributed by atoms with van der Waals surface area (Å²) >= 11 is 0. The summed E-state index contributed by atoms with van der Waals surface area (Å²) in [5.74, 6) is 0.246. The van der Waals surface area contributed by atoms with Crippen LogP contribution >= 0.6 is 0 Å². The Balaban J connectivity index is 1.75. The first kappa shape index (κ1) is 17.7. The number of H-pyrrole nitrogens is 1. The summed E-state index contributed by atoms with van der Waals surface area (Å²) < 4.78 is 1.53. The van der Waals surface area contributed by atoms with Crippen LogP contribution < -0.4 is 10.9 Å². The van der Waals surface area contributed by atoms with Gasteiger partial charge in [-0.2, -0.15) is 0 Å². The molecule has 0 bridgehead atoms. The highest BCUT2D eigenvalue weighted by Gasteiger charge is 2.43. The first-order valence-electron chi connectivity index (χ1n) is 9.79. The number of nitrogens with zero attached hydrogens (tertiary/aromatic N) is 2. The lowest BCUT2D eigenvalue weighted by Gasteiger charge is -2.37. The van der Waals surface area contributed by atoms with Gasteiger partial charge in [-0.3, -0.25) is 19.7 Å². The van der Waals surface area contributed by atoms with Gasteiger partial charge in [-0.25, -0.2) is 4.68 Å². The molecule has 0 radical (unpaired) electrons. The molecule has 6 nitrogen and oxygen atoms in total. The highest BCUT2D eigenvalue weighted by atomic mass is 16.1. The van der Waals surface area contributed by atoms with Gasteiger partial charge in [0.1, 0.15) is 5.82 Å². The molecule has 1 atom stereocenters. The molecule has 0 amide bonds. The molecule has 0 fully saturated rings. The Morgan fingerprint density at radius 1 is 1.03 bits per heavy atom. The number of carbonyl (C=O) groups excluding carboxylic acids is 1. The van der Waals surface area contributed by atoms with Crippen molar-refractivity contribution in [3.05, 3.63) is 87.6 Å². The molecule has 1 aromatic carbocycles. The topological polar surface area (TPSA) is 79.8 Å². The summed E-state index contributed by atoms with van der Waals surface area (Å²) in [6.45, 7) is 4.19. The van der Waals surface area contributed by atoms with Crippen molar-refractivity contribution in [2.45, 2.75) is 32.6 Å². The Morgan fingerprint density at radius 2 is 1.79 bits per heavy atom. The normalized spacial score (nSPS) is 20.1. The number of Topliss-reactive ketones (excluding diaryl/α,β-unsaturated/α-hetero) is 1. The van der Waals surface area contributed by atoms with Gasteiger partial charge < -0.3 is 5.32 Å². The van der Waals surface area contributed by atoms with Crippen LogP contribution in [0.15, 0.2) is 70.8 Å². The average Bonchev–Trinajstić information content (AvgIpc) is 3.03. The zero-order valence-electron chi connectivity index (χ0n) is 16.4. The maximum Gasteiger partial charge on any atom is 0.277 e. The number of anilines is 1. The zero-order valence-corrected chi connectivity index (χ0v) is 16.4. The van der Waals surface area contributed by atoms with Crippen LogP contribution in [0.2, 0.25) is 0 Å². The minimum absolute atomic E-state index is 0.0805. The van der Waals surface area contributed by atoms with Crippen molar-refractivity contribution in [1.29, 1.82) is 0 Å². The third-order valence-electron chi connectivity index (χ3n) is 5.70. The van der Waals surface area contributed by atoms with Gasteiger partial charge in [0.05, 0.1) is 22.9 Å². The molecule has 2 N–H and O–H groups in total. The SMILES string of the molecule is CC1(C)CC(=O)C2=C(C1)Nc1[nH]n(-c3ccccc3)c(=O)c1C2c1ccccn1. The summed E-state index contributed by atoms with van der Waals surface area (Å²) in [5, 5.41) is 6.58. The molecule has 1 unspecified atom stereocenters. The third-order valence-corrected chi connectivity index (χ3v) is 5.70. The highest BCUT2D eigenvalue weighted by molar-refractivity contribution is 6.01. The zero-order chi connectivity index (χ0) is 20.2. The third kappa shape index (κ3) is 2.83. The Morgan fingerprint density at radius 3 is 2.52 bits per heavy atom. The molecule has 3 heterocycles. The molecule has 146 valence electrons. The van der Waals surface area contributed by atoms with Gasteiger partial charge >= 0.3 is 0 Å². The van der Waals surface area contributed by atoms with E-state index >= 15 is 0 Å². The number of fused-ring (bicyclic) bond motifs is 1. The Kier molecular flexibility index (Phi) is 3.84. The van der Waals surface area contributed by atoms with E-state index in [9.17, 15) is 9.59 Å². The number of hydrogen-bond acceptors (Lipinski definition) is 4. The molecule has 0 saturated carbocycles. The first-order valence-corrected chi connectivity index (χ1v) is 9.79. The summed E-state index contributed by atoms with van der Waals surface area (Å²) in [7, 11) is 0. The van der Waals surface area contributed by atoms with Crippen LogP contribution in [0.25, 0.3) is 5.69 Å². The standard InChI is InChI=1S/C23H22N4O2/c1-23(2)12-16-18(17(28)13-23)19(15-10-6-7-11-24-15)20-21(25-16)26-27(22(20)29)14-8-4-3-5-9-14/h3-11,19,25-26H,12-13H2,1-2H3. The van der Waals surface area contributed by atoms with Crippen molar-refractivity contribution in [2.75, 3.05) is 5.32 Å². The van der Waals surface area contributed by atoms with Crippen LogP contribution in [-0.4, -0.2) is 20.5 Å². The molecule has 3 aromatic rings. The second-order valence-electron chi connectivity index (χ2n) is 8.52. The van der Waals surface area contributed by atoms with Gasteiger partial charge in [0.2, 0.25) is 0 Å². The molecule has 0 spiro atoms. The van der Waals surface area contributed by atoms with Crippen LogP contribution in [0.4, 0.5) is 5.82 Å². The quantitative estimate of drug-likeness (QED) is 0.703. The van der Waals surface area contributed by atoms with Crippen molar-refractivity contribution in [3.8, 4) is 5.69 Å². The van der Waals surface area contributed by atoms with Crippen molar-refractivity contribution in [3.63, 3.8) is 0 Å². The number of ketones is 1. The van der Waals surface area contributed by atoms with E-state index in [2.05, 4.69) is 29.2 Å². The van der Waals surface area contributed by atoms with Crippen LogP contribution in [0, 0.1) is 5.41 Å². The van der Waals surface area contributed by atoms with E-state index in [1.165, 1.54) is 4.68 Å². The molecule has 0 saturated heterocycles. The number of carbonyl (C=O) groups is 1. The molecular weight excluding hydrogens is 364 g/mol. The Labute approximate surface area is 168 Å². The maximum absolute atomic E-state index is 13.4. The molecule has 2 aliphatic rings. The fourth-order valence-electron chi connectivity index (χ4n) is 4.49. The largest absolute Gasteiger partial charge is 0.343 e. The van der Waals surface area contributed by atoms with E-state index in [4.69, 9.17) is 0 Å². The van der Waals surface area contributed by atoms with Gasteiger partial charge in [0.15, 0.2) is 5.78 Å². The smallest absolute Gasteiger partial charge is 0.277 e. The Hall–Kier alpha value is -3.41. The van der Waals surface area contributed by atoms with E-state index in [-0.39, 0.29) is 16.8 Å². The predicted molar refractivity (Wildman–Crippen MR) is 111 cm³/mol. The number of nitrogens with one attached hydrogen (secondary N) is 2. The average molecular weight is 386 g/mol. The lowest BCUT2D eigenvalue weighted by Crippen LogP contribution is -2.35. The lowest BCUT2D eigenvalue weighted by molar-refractivity contribution is -0.118. The first-order chi connectivity index (χ1) is 13.9. The molecule has 5 rings (SSSR count). The maximum atomic E-state index is 13.4. The summed E-state index contributed by atoms with van der Waals surface area (Å²) in [5.41, 5.74) is 3.27. The second kappa shape index (κ2) is 6.30. The van der Waals surface area contributed by atoms with Crippen molar-refractivity contribution in [1.82, 2.24) is 14.8 Å². The number of pyridine rings is 1. The van der Waals surface area contributed by atoms with Gasteiger partial charge in [0.25, 0.3) is 5.56 Å². The second-order valence-corrected chi connectivity index (χ2v) is 8.52. The molecule has 1 aliphatic carbocycles. The number of benzene rings is 1. The van der Waals surface area contributed by atoms with Gasteiger partial charge in [-0.1, -0.05) is 38.1 Å².